The fourth-order valence-corrected chi connectivity index (χ4v) is 1.62. The van der Waals surface area contributed by atoms with Crippen LogP contribution in [0.4, 0.5) is 4.39 Å². The number of hydrogen-bond acceptors (Lipinski definition) is 2. The number of ketones is 1. The number of carbonyl (C=O) groups is 1. The van der Waals surface area contributed by atoms with Crippen molar-refractivity contribution >= 4 is 30.0 Å². The van der Waals surface area contributed by atoms with Crippen LogP contribution in [0, 0.1) is 12.7 Å². The second-order valence-corrected chi connectivity index (χ2v) is 3.83. The van der Waals surface area contributed by atoms with Gasteiger partial charge in [0.25, 0.3) is 0 Å². The Kier molecular flexibility index (Phi) is 3.96. The molecule has 0 bridgehead atoms. The summed E-state index contributed by atoms with van der Waals surface area (Å²) in [6.07, 6.45) is 0.269. The van der Waals surface area contributed by atoms with E-state index in [1.54, 1.807) is 6.92 Å². The molecule has 0 amide bonds. The van der Waals surface area contributed by atoms with Crippen molar-refractivity contribution in [3.63, 3.8) is 0 Å². The molecule has 0 atom stereocenters. The SMILES string of the molecule is Cc1cc(Cl)c(C(=O)CCS)cc1F. The highest BCUT2D eigenvalue weighted by Crippen LogP contribution is 2.21. The first-order valence-corrected chi connectivity index (χ1v) is 5.17. The molecule has 4 heteroatoms. The Labute approximate surface area is 92.7 Å². The summed E-state index contributed by atoms with van der Waals surface area (Å²) in [6, 6.07) is 2.64. The van der Waals surface area contributed by atoms with Gasteiger partial charge >= 0.3 is 0 Å². The van der Waals surface area contributed by atoms with Gasteiger partial charge in [-0.3, -0.25) is 4.79 Å². The summed E-state index contributed by atoms with van der Waals surface area (Å²) in [7, 11) is 0. The van der Waals surface area contributed by atoms with Crippen molar-refractivity contribution in [2.45, 2.75) is 13.3 Å². The quantitative estimate of drug-likeness (QED) is 0.625. The maximum absolute atomic E-state index is 13.1. The molecule has 14 heavy (non-hydrogen) atoms. The van der Waals surface area contributed by atoms with Gasteiger partial charge in [0.05, 0.1) is 5.02 Å². The zero-order valence-electron chi connectivity index (χ0n) is 7.68. The van der Waals surface area contributed by atoms with E-state index in [0.29, 0.717) is 16.3 Å². The number of Topliss-reactive ketones (excluding diaryl/α,β-unsaturated/α-hetero) is 1. The van der Waals surface area contributed by atoms with Crippen molar-refractivity contribution in [3.8, 4) is 0 Å². The minimum absolute atomic E-state index is 0.177. The molecule has 0 saturated carbocycles. The maximum Gasteiger partial charge on any atom is 0.165 e. The third-order valence-corrected chi connectivity index (χ3v) is 2.42. The van der Waals surface area contributed by atoms with Crippen LogP contribution in [-0.4, -0.2) is 11.5 Å². The van der Waals surface area contributed by atoms with E-state index in [4.69, 9.17) is 11.6 Å². The van der Waals surface area contributed by atoms with Crippen molar-refractivity contribution in [1.29, 1.82) is 0 Å². The van der Waals surface area contributed by atoms with Gasteiger partial charge in [-0.1, -0.05) is 11.6 Å². The van der Waals surface area contributed by atoms with E-state index in [1.807, 2.05) is 0 Å². The van der Waals surface area contributed by atoms with Gasteiger partial charge in [-0.05, 0) is 30.4 Å². The molecule has 0 aliphatic carbocycles. The smallest absolute Gasteiger partial charge is 0.165 e. The summed E-state index contributed by atoms with van der Waals surface area (Å²) in [4.78, 5) is 11.4. The lowest BCUT2D eigenvalue weighted by atomic mass is 10.1. The van der Waals surface area contributed by atoms with Gasteiger partial charge in [0.15, 0.2) is 5.78 Å². The normalized spacial score (nSPS) is 10.3. The van der Waals surface area contributed by atoms with Crippen molar-refractivity contribution in [3.05, 3.63) is 34.1 Å². The van der Waals surface area contributed by atoms with Crippen LogP contribution >= 0.6 is 24.2 Å². The molecule has 0 spiro atoms. The van der Waals surface area contributed by atoms with Crippen LogP contribution in [0.5, 0.6) is 0 Å². The van der Waals surface area contributed by atoms with Gasteiger partial charge in [0.1, 0.15) is 5.82 Å². The largest absolute Gasteiger partial charge is 0.294 e. The van der Waals surface area contributed by atoms with Gasteiger partial charge in [-0.25, -0.2) is 4.39 Å². The molecular weight excluding hydrogens is 223 g/mol. The van der Waals surface area contributed by atoms with E-state index in [-0.39, 0.29) is 17.8 Å². The Morgan fingerprint density at radius 1 is 1.57 bits per heavy atom. The minimum Gasteiger partial charge on any atom is -0.294 e. The zero-order chi connectivity index (χ0) is 10.7. The highest BCUT2D eigenvalue weighted by molar-refractivity contribution is 7.80. The van der Waals surface area contributed by atoms with E-state index in [2.05, 4.69) is 12.6 Å². The minimum atomic E-state index is -0.406. The zero-order valence-corrected chi connectivity index (χ0v) is 9.33. The van der Waals surface area contributed by atoms with Crippen LogP contribution in [0.15, 0.2) is 12.1 Å². The van der Waals surface area contributed by atoms with Crippen LogP contribution in [0.3, 0.4) is 0 Å². The van der Waals surface area contributed by atoms with Crippen LogP contribution in [-0.2, 0) is 0 Å². The first-order chi connectivity index (χ1) is 6.56. The van der Waals surface area contributed by atoms with E-state index >= 15 is 0 Å². The number of benzene rings is 1. The molecule has 0 aliphatic rings. The Balaban J connectivity index is 3.09. The molecule has 0 N–H and O–H groups in total. The molecule has 0 saturated heterocycles. The Morgan fingerprint density at radius 3 is 2.79 bits per heavy atom. The van der Waals surface area contributed by atoms with Crippen LogP contribution in [0.25, 0.3) is 0 Å². The van der Waals surface area contributed by atoms with Crippen molar-refractivity contribution in [1.82, 2.24) is 0 Å². The molecule has 1 rings (SSSR count). The lowest BCUT2D eigenvalue weighted by molar-refractivity contribution is 0.0989. The summed E-state index contributed by atoms with van der Waals surface area (Å²) in [5.74, 6) is -0.147. The molecule has 1 nitrogen and oxygen atoms in total. The molecule has 0 unspecified atom stereocenters. The second-order valence-electron chi connectivity index (χ2n) is 2.98. The van der Waals surface area contributed by atoms with Crippen molar-refractivity contribution < 1.29 is 9.18 Å². The number of thiol groups is 1. The van der Waals surface area contributed by atoms with Gasteiger partial charge < -0.3 is 0 Å². The lowest BCUT2D eigenvalue weighted by Gasteiger charge is -2.04. The van der Waals surface area contributed by atoms with Gasteiger partial charge in [0.2, 0.25) is 0 Å². The average molecular weight is 233 g/mol. The molecule has 0 fully saturated rings. The van der Waals surface area contributed by atoms with Crippen LogP contribution in [0.1, 0.15) is 22.3 Å². The molecule has 1 aromatic rings. The molecule has 0 radical (unpaired) electrons. The van der Waals surface area contributed by atoms with Crippen LogP contribution in [0.2, 0.25) is 5.02 Å². The molecule has 0 aromatic heterocycles. The number of carbonyl (C=O) groups excluding carboxylic acids is 1. The molecule has 0 aliphatic heterocycles. The highest BCUT2D eigenvalue weighted by atomic mass is 35.5. The summed E-state index contributed by atoms with van der Waals surface area (Å²) in [6.45, 7) is 1.61. The van der Waals surface area contributed by atoms with E-state index in [9.17, 15) is 9.18 Å². The highest BCUT2D eigenvalue weighted by Gasteiger charge is 2.12. The third kappa shape index (κ3) is 2.49. The fourth-order valence-electron chi connectivity index (χ4n) is 1.10. The standard InChI is InChI=1S/C10H10ClFOS/c1-6-4-8(11)7(5-9(6)12)10(13)2-3-14/h4-5,14H,2-3H2,1H3. The van der Waals surface area contributed by atoms with Gasteiger partial charge in [0, 0.05) is 12.0 Å². The molecule has 0 heterocycles. The Bertz CT molecular complexity index is 365. The first kappa shape index (κ1) is 11.5. The molecule has 76 valence electrons. The van der Waals surface area contributed by atoms with E-state index in [0.717, 1.165) is 0 Å². The first-order valence-electron chi connectivity index (χ1n) is 4.16. The monoisotopic (exact) mass is 232 g/mol. The van der Waals surface area contributed by atoms with Crippen molar-refractivity contribution in [2.24, 2.45) is 0 Å². The summed E-state index contributed by atoms with van der Waals surface area (Å²) in [5, 5.41) is 0.302. The summed E-state index contributed by atoms with van der Waals surface area (Å²) in [5.41, 5.74) is 0.682. The van der Waals surface area contributed by atoms with Crippen molar-refractivity contribution in [2.75, 3.05) is 5.75 Å². The van der Waals surface area contributed by atoms with Gasteiger partial charge in [-0.2, -0.15) is 12.6 Å². The molecular formula is C10H10ClFOS. The maximum atomic E-state index is 13.1. The summed E-state index contributed by atoms with van der Waals surface area (Å²) >= 11 is 9.75. The number of hydrogen-bond donors (Lipinski definition) is 1. The van der Waals surface area contributed by atoms with E-state index < -0.39 is 5.82 Å². The topological polar surface area (TPSA) is 17.1 Å². The third-order valence-electron chi connectivity index (χ3n) is 1.89. The lowest BCUT2D eigenvalue weighted by Crippen LogP contribution is -2.02. The fraction of sp³-hybridized carbons (Fsp3) is 0.300. The number of halogens is 2. The van der Waals surface area contributed by atoms with Gasteiger partial charge in [-0.15, -0.1) is 0 Å². The summed E-state index contributed by atoms with van der Waals surface area (Å²) < 4.78 is 13.1. The predicted octanol–water partition coefficient (Wildman–Crippen LogP) is 3.29. The predicted molar refractivity (Wildman–Crippen MR) is 58.9 cm³/mol. The Hall–Kier alpha value is -0.540. The van der Waals surface area contributed by atoms with Crippen LogP contribution < -0.4 is 0 Å². The average Bonchev–Trinajstić information content (AvgIpc) is 2.11. The number of rotatable bonds is 3. The number of aryl methyl sites for hydroxylation is 1. The molecule has 1 aromatic carbocycles. The van der Waals surface area contributed by atoms with E-state index in [1.165, 1.54) is 12.1 Å². The Morgan fingerprint density at radius 2 is 2.21 bits per heavy atom. The second kappa shape index (κ2) is 4.80.